The molecule has 3 rings (SSSR count). The van der Waals surface area contributed by atoms with E-state index in [1.54, 1.807) is 24.3 Å². The first-order chi connectivity index (χ1) is 14.0. The van der Waals surface area contributed by atoms with Gasteiger partial charge in [0.1, 0.15) is 0 Å². The van der Waals surface area contributed by atoms with Gasteiger partial charge in [0.15, 0.2) is 0 Å². The lowest BCUT2D eigenvalue weighted by Gasteiger charge is -2.12. The van der Waals surface area contributed by atoms with Crippen LogP contribution >= 0.6 is 0 Å². The van der Waals surface area contributed by atoms with Crippen LogP contribution in [0.2, 0.25) is 0 Å². The highest BCUT2D eigenvalue weighted by molar-refractivity contribution is 6.04. The Morgan fingerprint density at radius 1 is 0.793 bits per heavy atom. The van der Waals surface area contributed by atoms with E-state index >= 15 is 0 Å². The van der Waals surface area contributed by atoms with Crippen molar-refractivity contribution in [2.24, 2.45) is 0 Å². The van der Waals surface area contributed by atoms with Crippen molar-refractivity contribution in [1.29, 1.82) is 0 Å². The Kier molecular flexibility index (Phi) is 6.63. The Morgan fingerprint density at radius 2 is 1.41 bits per heavy atom. The summed E-state index contributed by atoms with van der Waals surface area (Å²) in [5.41, 5.74) is 5.15. The highest BCUT2D eigenvalue weighted by Gasteiger charge is 2.13. The van der Waals surface area contributed by atoms with Crippen molar-refractivity contribution in [2.75, 3.05) is 17.2 Å². The smallest absolute Gasteiger partial charge is 0.253 e. The van der Waals surface area contributed by atoms with Gasteiger partial charge in [0.25, 0.3) is 5.91 Å². The maximum atomic E-state index is 12.6. The lowest BCUT2D eigenvalue weighted by molar-refractivity contribution is -0.114. The third kappa shape index (κ3) is 5.94. The summed E-state index contributed by atoms with van der Waals surface area (Å²) in [4.78, 5) is 25.0. The molecular weight excluding hydrogens is 362 g/mol. The fraction of sp³-hybridized carbons (Fsp3) is 0.167. The van der Waals surface area contributed by atoms with Gasteiger partial charge < -0.3 is 16.0 Å². The van der Waals surface area contributed by atoms with Crippen molar-refractivity contribution in [3.8, 4) is 0 Å². The molecule has 0 heterocycles. The minimum atomic E-state index is -0.229. The van der Waals surface area contributed by atoms with E-state index in [1.807, 2.05) is 62.4 Å². The van der Waals surface area contributed by atoms with Crippen LogP contribution in [-0.2, 0) is 11.3 Å². The van der Waals surface area contributed by atoms with Crippen LogP contribution < -0.4 is 16.0 Å². The van der Waals surface area contributed by atoms with Gasteiger partial charge in [-0.15, -0.1) is 0 Å². The zero-order valence-corrected chi connectivity index (χ0v) is 16.7. The zero-order chi connectivity index (χ0) is 20.6. The average Bonchev–Trinajstić information content (AvgIpc) is 2.73. The highest BCUT2D eigenvalue weighted by Crippen LogP contribution is 2.16. The second-order valence-corrected chi connectivity index (χ2v) is 6.98. The van der Waals surface area contributed by atoms with E-state index in [4.69, 9.17) is 0 Å². The van der Waals surface area contributed by atoms with E-state index in [-0.39, 0.29) is 18.4 Å². The largest absolute Gasteiger partial charge is 0.376 e. The number of hydrogen-bond donors (Lipinski definition) is 3. The third-order valence-electron chi connectivity index (χ3n) is 4.52. The van der Waals surface area contributed by atoms with Crippen LogP contribution in [0.1, 0.15) is 27.0 Å². The minimum absolute atomic E-state index is 0.113. The van der Waals surface area contributed by atoms with Crippen LogP contribution in [0.15, 0.2) is 72.8 Å². The predicted molar refractivity (Wildman–Crippen MR) is 117 cm³/mol. The monoisotopic (exact) mass is 387 g/mol. The molecule has 29 heavy (non-hydrogen) atoms. The summed E-state index contributed by atoms with van der Waals surface area (Å²) >= 11 is 0. The van der Waals surface area contributed by atoms with Gasteiger partial charge >= 0.3 is 0 Å². The first kappa shape index (κ1) is 20.1. The molecule has 148 valence electrons. The number of rotatable bonds is 7. The second-order valence-electron chi connectivity index (χ2n) is 6.98. The maximum absolute atomic E-state index is 12.6. The summed E-state index contributed by atoms with van der Waals surface area (Å²) in [6, 6.07) is 22.8. The zero-order valence-electron chi connectivity index (χ0n) is 16.7. The summed E-state index contributed by atoms with van der Waals surface area (Å²) in [6.45, 7) is 4.57. The standard InChI is InChI=1S/C24H25N3O2/c1-17-7-11-19(12-8-17)15-26-24(29)21-5-3-4-6-22(21)27-23(28)16-25-20-13-9-18(2)10-14-20/h3-14,25H,15-16H2,1-2H3,(H,26,29)(H,27,28). The first-order valence-electron chi connectivity index (χ1n) is 9.54. The lowest BCUT2D eigenvalue weighted by Crippen LogP contribution is -2.26. The first-order valence-corrected chi connectivity index (χ1v) is 9.54. The van der Waals surface area contributed by atoms with Crippen molar-refractivity contribution in [3.05, 3.63) is 95.1 Å². The normalized spacial score (nSPS) is 10.3. The van der Waals surface area contributed by atoms with E-state index in [0.717, 1.165) is 16.8 Å². The van der Waals surface area contributed by atoms with E-state index in [2.05, 4.69) is 16.0 Å². The summed E-state index contributed by atoms with van der Waals surface area (Å²) in [5.74, 6) is -0.447. The topological polar surface area (TPSA) is 70.2 Å². The minimum Gasteiger partial charge on any atom is -0.376 e. The molecule has 3 aromatic carbocycles. The quantitative estimate of drug-likeness (QED) is 0.567. The second kappa shape index (κ2) is 9.55. The average molecular weight is 387 g/mol. The molecule has 0 aliphatic rings. The van der Waals surface area contributed by atoms with Gasteiger partial charge in [-0.1, -0.05) is 59.7 Å². The molecule has 0 aromatic heterocycles. The molecule has 0 bridgehead atoms. The molecule has 0 unspecified atom stereocenters. The molecule has 3 N–H and O–H groups in total. The maximum Gasteiger partial charge on any atom is 0.253 e. The highest BCUT2D eigenvalue weighted by atomic mass is 16.2. The van der Waals surface area contributed by atoms with Crippen molar-refractivity contribution in [3.63, 3.8) is 0 Å². The van der Waals surface area contributed by atoms with Crippen molar-refractivity contribution in [1.82, 2.24) is 5.32 Å². The van der Waals surface area contributed by atoms with Crippen LogP contribution in [0.3, 0.4) is 0 Å². The van der Waals surface area contributed by atoms with E-state index in [0.29, 0.717) is 17.8 Å². The molecule has 0 aliphatic heterocycles. The number of hydrogen-bond acceptors (Lipinski definition) is 3. The van der Waals surface area contributed by atoms with Crippen LogP contribution in [0.4, 0.5) is 11.4 Å². The van der Waals surface area contributed by atoms with Gasteiger partial charge in [-0.25, -0.2) is 0 Å². The molecule has 0 aliphatic carbocycles. The Bertz CT molecular complexity index is 980. The van der Waals surface area contributed by atoms with Crippen molar-refractivity contribution in [2.45, 2.75) is 20.4 Å². The number of para-hydroxylation sites is 1. The lowest BCUT2D eigenvalue weighted by atomic mass is 10.1. The van der Waals surface area contributed by atoms with Gasteiger partial charge in [-0.2, -0.15) is 0 Å². The molecule has 0 spiro atoms. The molecular formula is C24H25N3O2. The molecule has 0 atom stereocenters. The number of nitrogens with one attached hydrogen (secondary N) is 3. The predicted octanol–water partition coefficient (Wildman–Crippen LogP) is 4.28. The van der Waals surface area contributed by atoms with E-state index in [9.17, 15) is 9.59 Å². The van der Waals surface area contributed by atoms with Crippen LogP contribution in [0, 0.1) is 13.8 Å². The van der Waals surface area contributed by atoms with Crippen LogP contribution in [-0.4, -0.2) is 18.4 Å². The molecule has 0 fully saturated rings. The number of anilines is 2. The van der Waals surface area contributed by atoms with Crippen molar-refractivity contribution < 1.29 is 9.59 Å². The van der Waals surface area contributed by atoms with Crippen molar-refractivity contribution >= 4 is 23.2 Å². The fourth-order valence-electron chi connectivity index (χ4n) is 2.82. The fourth-order valence-corrected chi connectivity index (χ4v) is 2.82. The summed E-state index contributed by atoms with van der Waals surface area (Å²) in [5, 5.41) is 8.80. The Labute approximate surface area is 171 Å². The Morgan fingerprint density at radius 3 is 2.10 bits per heavy atom. The van der Waals surface area contributed by atoms with E-state index < -0.39 is 0 Å². The van der Waals surface area contributed by atoms with Gasteiger partial charge in [0.05, 0.1) is 17.8 Å². The molecule has 5 heteroatoms. The van der Waals surface area contributed by atoms with Gasteiger partial charge in [-0.3, -0.25) is 9.59 Å². The van der Waals surface area contributed by atoms with Gasteiger partial charge in [0, 0.05) is 12.2 Å². The molecule has 0 radical (unpaired) electrons. The Balaban J connectivity index is 1.58. The van der Waals surface area contributed by atoms with Gasteiger partial charge in [0.2, 0.25) is 5.91 Å². The SMILES string of the molecule is Cc1ccc(CNC(=O)c2ccccc2NC(=O)CNc2ccc(C)cc2)cc1. The Hall–Kier alpha value is -3.60. The molecule has 3 aromatic rings. The summed E-state index contributed by atoms with van der Waals surface area (Å²) in [6.07, 6.45) is 0. The number of benzene rings is 3. The van der Waals surface area contributed by atoms with Gasteiger partial charge in [-0.05, 0) is 43.7 Å². The summed E-state index contributed by atoms with van der Waals surface area (Å²) in [7, 11) is 0. The number of amides is 2. The van der Waals surface area contributed by atoms with E-state index in [1.165, 1.54) is 5.56 Å². The number of aryl methyl sites for hydroxylation is 2. The van der Waals surface area contributed by atoms with Crippen LogP contribution in [0.5, 0.6) is 0 Å². The summed E-state index contributed by atoms with van der Waals surface area (Å²) < 4.78 is 0. The van der Waals surface area contributed by atoms with Crippen LogP contribution in [0.25, 0.3) is 0 Å². The molecule has 0 saturated heterocycles. The molecule has 2 amide bonds. The third-order valence-corrected chi connectivity index (χ3v) is 4.52. The number of carbonyl (C=O) groups is 2. The number of carbonyl (C=O) groups excluding carboxylic acids is 2. The molecule has 5 nitrogen and oxygen atoms in total. The molecule has 0 saturated carbocycles.